The smallest absolute Gasteiger partial charge is 0.227 e. The fraction of sp³-hybridized carbons (Fsp3) is 0.333. The van der Waals surface area contributed by atoms with E-state index in [4.69, 9.17) is 16.3 Å². The van der Waals surface area contributed by atoms with Crippen molar-refractivity contribution in [2.45, 2.75) is 33.1 Å². The largest absolute Gasteiger partial charge is 0.438 e. The molecule has 0 saturated heterocycles. The topological polar surface area (TPSA) is 35.0 Å². The van der Waals surface area contributed by atoms with Crippen LogP contribution in [-0.4, -0.2) is 9.97 Å². The van der Waals surface area contributed by atoms with Crippen molar-refractivity contribution in [3.05, 3.63) is 45.3 Å². The summed E-state index contributed by atoms with van der Waals surface area (Å²) in [4.78, 5) is 8.19. The maximum absolute atomic E-state index is 6.08. The summed E-state index contributed by atoms with van der Waals surface area (Å²) in [6, 6.07) is 5.96. The molecule has 0 spiro atoms. The maximum Gasteiger partial charge on any atom is 0.227 e. The maximum atomic E-state index is 6.08. The monoisotopic (exact) mass is 354 g/mol. The molecule has 0 atom stereocenters. The Hall–Kier alpha value is -1.13. The van der Waals surface area contributed by atoms with E-state index >= 15 is 0 Å². The second-order valence-corrected chi connectivity index (χ2v) is 6.01. The van der Waals surface area contributed by atoms with Crippen molar-refractivity contribution in [3.8, 4) is 11.6 Å². The second-order valence-electron chi connectivity index (χ2n) is 4.74. The van der Waals surface area contributed by atoms with Crippen LogP contribution in [0, 0.1) is 0 Å². The Morgan fingerprint density at radius 1 is 1.30 bits per heavy atom. The van der Waals surface area contributed by atoms with Gasteiger partial charge in [-0.2, -0.15) is 0 Å². The van der Waals surface area contributed by atoms with Gasteiger partial charge in [-0.05, 0) is 36.1 Å². The van der Waals surface area contributed by atoms with Crippen molar-refractivity contribution in [1.29, 1.82) is 0 Å². The molecular weight excluding hydrogens is 340 g/mol. The lowest BCUT2D eigenvalue weighted by Gasteiger charge is -2.15. The SMILES string of the molecule is CCc1c(Cl)ncnc1Oc1ccc(Br)cc1C(C)C. The minimum absolute atomic E-state index is 0.352. The summed E-state index contributed by atoms with van der Waals surface area (Å²) >= 11 is 9.57. The average molecular weight is 356 g/mol. The Kier molecular flexibility index (Phi) is 5.00. The molecule has 0 aliphatic heterocycles. The highest BCUT2D eigenvalue weighted by atomic mass is 79.9. The Bertz CT molecular complexity index is 617. The first-order chi connectivity index (χ1) is 9.52. The van der Waals surface area contributed by atoms with Gasteiger partial charge < -0.3 is 4.74 Å². The van der Waals surface area contributed by atoms with Crippen LogP contribution in [0.15, 0.2) is 29.0 Å². The molecule has 0 bridgehead atoms. The second kappa shape index (κ2) is 6.55. The van der Waals surface area contributed by atoms with Crippen LogP contribution < -0.4 is 4.74 Å². The highest BCUT2D eigenvalue weighted by Crippen LogP contribution is 2.34. The first-order valence-electron chi connectivity index (χ1n) is 6.49. The van der Waals surface area contributed by atoms with E-state index in [-0.39, 0.29) is 0 Å². The summed E-state index contributed by atoms with van der Waals surface area (Å²) in [5.74, 6) is 1.68. The van der Waals surface area contributed by atoms with E-state index < -0.39 is 0 Å². The zero-order chi connectivity index (χ0) is 14.7. The van der Waals surface area contributed by atoms with Gasteiger partial charge >= 0.3 is 0 Å². The number of nitrogens with zero attached hydrogens (tertiary/aromatic N) is 2. The van der Waals surface area contributed by atoms with Gasteiger partial charge in [0.15, 0.2) is 0 Å². The summed E-state index contributed by atoms with van der Waals surface area (Å²) < 4.78 is 7.00. The summed E-state index contributed by atoms with van der Waals surface area (Å²) in [6.45, 7) is 6.26. The van der Waals surface area contributed by atoms with Crippen LogP contribution in [-0.2, 0) is 6.42 Å². The molecule has 0 aliphatic carbocycles. The van der Waals surface area contributed by atoms with Gasteiger partial charge in [-0.1, -0.05) is 48.3 Å². The van der Waals surface area contributed by atoms with Gasteiger partial charge in [0.1, 0.15) is 17.2 Å². The van der Waals surface area contributed by atoms with Crippen molar-refractivity contribution >= 4 is 27.5 Å². The Morgan fingerprint density at radius 2 is 2.05 bits per heavy atom. The van der Waals surface area contributed by atoms with Gasteiger partial charge in [0.05, 0.1) is 5.56 Å². The molecule has 0 amide bonds. The molecule has 106 valence electrons. The lowest BCUT2D eigenvalue weighted by molar-refractivity contribution is 0.447. The zero-order valence-electron chi connectivity index (χ0n) is 11.7. The predicted molar refractivity (Wildman–Crippen MR) is 84.7 cm³/mol. The molecule has 20 heavy (non-hydrogen) atoms. The third-order valence-electron chi connectivity index (χ3n) is 3.01. The van der Waals surface area contributed by atoms with Gasteiger partial charge in [-0.15, -0.1) is 0 Å². The lowest BCUT2D eigenvalue weighted by atomic mass is 10.0. The number of benzene rings is 1. The van der Waals surface area contributed by atoms with Gasteiger partial charge in [-0.25, -0.2) is 9.97 Å². The molecule has 1 heterocycles. The van der Waals surface area contributed by atoms with E-state index in [2.05, 4.69) is 45.8 Å². The molecule has 0 saturated carbocycles. The standard InChI is InChI=1S/C15H16BrClN2O/c1-4-11-14(17)18-8-19-15(11)20-13-6-5-10(16)7-12(13)9(2)3/h5-9H,4H2,1-3H3. The van der Waals surface area contributed by atoms with Crippen LogP contribution in [0.4, 0.5) is 0 Å². The number of aromatic nitrogens is 2. The van der Waals surface area contributed by atoms with Crippen molar-refractivity contribution in [1.82, 2.24) is 9.97 Å². The lowest BCUT2D eigenvalue weighted by Crippen LogP contribution is -1.99. The summed E-state index contributed by atoms with van der Waals surface area (Å²) in [6.07, 6.45) is 2.15. The van der Waals surface area contributed by atoms with Crippen molar-refractivity contribution in [3.63, 3.8) is 0 Å². The fourth-order valence-corrected chi connectivity index (χ4v) is 2.57. The Morgan fingerprint density at radius 3 is 2.70 bits per heavy atom. The minimum Gasteiger partial charge on any atom is -0.438 e. The van der Waals surface area contributed by atoms with Crippen molar-refractivity contribution in [2.24, 2.45) is 0 Å². The van der Waals surface area contributed by atoms with E-state index in [9.17, 15) is 0 Å². The predicted octanol–water partition coefficient (Wildman–Crippen LogP) is 5.37. The first kappa shape index (κ1) is 15.3. The number of hydrogen-bond donors (Lipinski definition) is 0. The van der Waals surface area contributed by atoms with Crippen molar-refractivity contribution < 1.29 is 4.74 Å². The quantitative estimate of drug-likeness (QED) is 0.691. The molecule has 2 rings (SSSR count). The summed E-state index contributed by atoms with van der Waals surface area (Å²) in [7, 11) is 0. The van der Waals surface area contributed by atoms with E-state index in [1.807, 2.05) is 19.1 Å². The number of halogens is 2. The van der Waals surface area contributed by atoms with E-state index in [1.165, 1.54) is 6.33 Å². The normalized spacial score (nSPS) is 10.9. The van der Waals surface area contributed by atoms with Crippen LogP contribution >= 0.6 is 27.5 Å². The van der Waals surface area contributed by atoms with Gasteiger partial charge in [0.2, 0.25) is 5.88 Å². The molecule has 0 fully saturated rings. The molecule has 1 aromatic carbocycles. The summed E-state index contributed by atoms with van der Waals surface area (Å²) in [5, 5.41) is 0.445. The highest BCUT2D eigenvalue weighted by molar-refractivity contribution is 9.10. The van der Waals surface area contributed by atoms with Crippen molar-refractivity contribution in [2.75, 3.05) is 0 Å². The molecule has 3 nitrogen and oxygen atoms in total. The Balaban J connectivity index is 2.42. The van der Waals surface area contributed by atoms with E-state index in [0.29, 0.717) is 17.0 Å². The third-order valence-corrected chi connectivity index (χ3v) is 3.83. The van der Waals surface area contributed by atoms with Gasteiger partial charge in [0.25, 0.3) is 0 Å². The molecule has 1 aromatic heterocycles. The van der Waals surface area contributed by atoms with Crippen LogP contribution in [0.25, 0.3) is 0 Å². The van der Waals surface area contributed by atoms with Gasteiger partial charge in [-0.3, -0.25) is 0 Å². The van der Waals surface area contributed by atoms with Crippen LogP contribution in [0.3, 0.4) is 0 Å². The number of hydrogen-bond acceptors (Lipinski definition) is 3. The van der Waals surface area contributed by atoms with Gasteiger partial charge in [0, 0.05) is 4.47 Å². The molecule has 2 aromatic rings. The number of ether oxygens (including phenoxy) is 1. The van der Waals surface area contributed by atoms with Crippen LogP contribution in [0.1, 0.15) is 37.8 Å². The highest BCUT2D eigenvalue weighted by Gasteiger charge is 2.14. The third kappa shape index (κ3) is 3.30. The van der Waals surface area contributed by atoms with E-state index in [1.54, 1.807) is 0 Å². The van der Waals surface area contributed by atoms with E-state index in [0.717, 1.165) is 27.8 Å². The molecule has 5 heteroatoms. The molecule has 0 unspecified atom stereocenters. The van der Waals surface area contributed by atoms with Crippen LogP contribution in [0.5, 0.6) is 11.6 Å². The van der Waals surface area contributed by atoms with Crippen LogP contribution in [0.2, 0.25) is 5.15 Å². The zero-order valence-corrected chi connectivity index (χ0v) is 14.0. The average Bonchev–Trinajstić information content (AvgIpc) is 2.41. The first-order valence-corrected chi connectivity index (χ1v) is 7.66. The summed E-state index contributed by atoms with van der Waals surface area (Å²) in [5.41, 5.74) is 1.95. The Labute approximate surface area is 132 Å². The molecule has 0 radical (unpaired) electrons. The minimum atomic E-state index is 0.352. The number of rotatable bonds is 4. The fourth-order valence-electron chi connectivity index (χ4n) is 1.93. The molecule has 0 N–H and O–H groups in total. The molecule has 0 aliphatic rings. The molecular formula is C15H16BrClN2O.